The number of benzene rings is 3. The summed E-state index contributed by atoms with van der Waals surface area (Å²) < 4.78 is 17.6. The van der Waals surface area contributed by atoms with Crippen LogP contribution in [-0.2, 0) is 18.3 Å². The van der Waals surface area contributed by atoms with E-state index in [-0.39, 0.29) is 24.7 Å². The van der Waals surface area contributed by atoms with Gasteiger partial charge in [0.25, 0.3) is 5.91 Å². The number of hydrogen-bond donors (Lipinski definition) is 1. The molecule has 7 heteroatoms. The highest BCUT2D eigenvalue weighted by Gasteiger charge is 2.50. The number of ether oxygens (including phenoxy) is 3. The highest BCUT2D eigenvalue weighted by atomic mass is 16.5. The average Bonchev–Trinajstić information content (AvgIpc) is 3.82. The molecule has 0 spiro atoms. The fourth-order valence-electron chi connectivity index (χ4n) is 5.33. The number of aliphatic hydroxyl groups excluding tert-OH is 1. The van der Waals surface area contributed by atoms with E-state index in [2.05, 4.69) is 29.2 Å². The summed E-state index contributed by atoms with van der Waals surface area (Å²) in [6.45, 7) is 0.220. The molecule has 1 atom stereocenters. The number of carbonyl (C=O) groups is 1. The van der Waals surface area contributed by atoms with Crippen LogP contribution in [0.3, 0.4) is 0 Å². The Hall–Kier alpha value is -4.36. The maximum Gasteiger partial charge on any atom is 0.266 e. The Balaban J connectivity index is 1.12. The fourth-order valence-corrected chi connectivity index (χ4v) is 5.33. The van der Waals surface area contributed by atoms with E-state index in [4.69, 9.17) is 14.2 Å². The van der Waals surface area contributed by atoms with Crippen LogP contribution in [0.5, 0.6) is 17.2 Å². The van der Waals surface area contributed by atoms with Crippen molar-refractivity contribution >= 4 is 11.6 Å². The lowest BCUT2D eigenvalue weighted by atomic mass is 9.90. The number of carbonyl (C=O) groups excluding carboxylic acids is 1. The summed E-state index contributed by atoms with van der Waals surface area (Å²) in [5, 5.41) is 11.0. The van der Waals surface area contributed by atoms with Crippen LogP contribution in [0.25, 0.3) is 0 Å². The van der Waals surface area contributed by atoms with E-state index in [0.717, 1.165) is 36.9 Å². The zero-order valence-corrected chi connectivity index (χ0v) is 22.5. The molecule has 1 aliphatic heterocycles. The second kappa shape index (κ2) is 11.0. The van der Waals surface area contributed by atoms with Crippen LogP contribution >= 0.6 is 0 Å². The predicted octanol–water partition coefficient (Wildman–Crippen LogP) is 5.34. The molecule has 1 aromatic heterocycles. The molecule has 2 aliphatic rings. The predicted molar refractivity (Wildman–Crippen MR) is 152 cm³/mol. The second-order valence-electron chi connectivity index (χ2n) is 10.3. The van der Waals surface area contributed by atoms with Crippen LogP contribution in [-0.4, -0.2) is 42.5 Å². The number of methoxy groups -OCH3 is 1. The SMILES string of the molecule is COc1cc(N2COc3cc(CCc4ccccc4)ncc3C2=O)ccc1OC[C@H](O)C1(c2ccccc2)CC1. The highest BCUT2D eigenvalue weighted by Crippen LogP contribution is 2.51. The van der Waals surface area contributed by atoms with Crippen molar-refractivity contribution in [3.63, 3.8) is 0 Å². The van der Waals surface area contributed by atoms with Gasteiger partial charge in [-0.1, -0.05) is 60.7 Å². The van der Waals surface area contributed by atoms with Crippen molar-refractivity contribution in [1.82, 2.24) is 4.98 Å². The smallest absolute Gasteiger partial charge is 0.266 e. The molecule has 7 nitrogen and oxygen atoms in total. The van der Waals surface area contributed by atoms with Crippen molar-refractivity contribution in [2.24, 2.45) is 0 Å². The van der Waals surface area contributed by atoms with E-state index < -0.39 is 6.10 Å². The van der Waals surface area contributed by atoms with Crippen molar-refractivity contribution in [2.75, 3.05) is 25.3 Å². The number of hydrogen-bond acceptors (Lipinski definition) is 6. The van der Waals surface area contributed by atoms with Gasteiger partial charge in [-0.2, -0.15) is 0 Å². The largest absolute Gasteiger partial charge is 0.493 e. The molecule has 3 aromatic carbocycles. The standard InChI is InChI=1S/C33H32N2O5/c1-38-30-19-26(14-15-28(30)39-21-31(36)33(16-17-33)24-10-6-3-7-11-24)35-22-40-29-18-25(34-20-27(29)32(35)37)13-12-23-8-4-2-5-9-23/h2-11,14-15,18-20,31,36H,12-13,16-17,21-22H2,1H3/t31-/m0/s1. The van der Waals surface area contributed by atoms with Gasteiger partial charge in [-0.25, -0.2) is 0 Å². The molecule has 0 radical (unpaired) electrons. The molecule has 1 amide bonds. The number of rotatable bonds is 10. The van der Waals surface area contributed by atoms with Crippen molar-refractivity contribution in [3.8, 4) is 17.2 Å². The van der Waals surface area contributed by atoms with Crippen molar-refractivity contribution in [1.29, 1.82) is 0 Å². The van der Waals surface area contributed by atoms with Crippen LogP contribution in [0.4, 0.5) is 5.69 Å². The Bertz CT molecular complexity index is 1490. The van der Waals surface area contributed by atoms with Gasteiger partial charge in [-0.15, -0.1) is 0 Å². The van der Waals surface area contributed by atoms with Gasteiger partial charge in [0, 0.05) is 29.4 Å². The van der Waals surface area contributed by atoms with Gasteiger partial charge in [0.2, 0.25) is 0 Å². The molecule has 1 fully saturated rings. The molecule has 1 saturated carbocycles. The zero-order chi connectivity index (χ0) is 27.5. The van der Waals surface area contributed by atoms with Gasteiger partial charge in [0.1, 0.15) is 17.9 Å². The maximum atomic E-state index is 13.4. The van der Waals surface area contributed by atoms with Crippen LogP contribution in [0.2, 0.25) is 0 Å². The van der Waals surface area contributed by atoms with Gasteiger partial charge < -0.3 is 19.3 Å². The highest BCUT2D eigenvalue weighted by molar-refractivity contribution is 6.08. The normalized spacial score (nSPS) is 16.1. The van der Waals surface area contributed by atoms with Crippen molar-refractivity contribution < 1.29 is 24.1 Å². The van der Waals surface area contributed by atoms with E-state index >= 15 is 0 Å². The number of aryl methyl sites for hydroxylation is 2. The summed E-state index contributed by atoms with van der Waals surface area (Å²) in [6, 6.07) is 27.5. The lowest BCUT2D eigenvalue weighted by molar-refractivity contribution is 0.0733. The summed E-state index contributed by atoms with van der Waals surface area (Å²) in [5.74, 6) is 1.34. The van der Waals surface area contributed by atoms with Gasteiger partial charge in [0.15, 0.2) is 18.2 Å². The molecule has 0 bridgehead atoms. The third kappa shape index (κ3) is 5.12. The summed E-state index contributed by atoms with van der Waals surface area (Å²) in [5.41, 5.74) is 4.05. The Morgan fingerprint density at radius 2 is 1.73 bits per heavy atom. The maximum absolute atomic E-state index is 13.4. The lowest BCUT2D eigenvalue weighted by Gasteiger charge is -2.29. The molecule has 40 heavy (non-hydrogen) atoms. The summed E-state index contributed by atoms with van der Waals surface area (Å²) in [7, 11) is 1.56. The van der Waals surface area contributed by atoms with E-state index in [0.29, 0.717) is 28.5 Å². The topological polar surface area (TPSA) is 81.1 Å². The molecular weight excluding hydrogens is 504 g/mol. The minimum Gasteiger partial charge on any atom is -0.493 e. The van der Waals surface area contributed by atoms with Crippen LogP contribution in [0.15, 0.2) is 91.1 Å². The molecule has 2 heterocycles. The zero-order valence-electron chi connectivity index (χ0n) is 22.5. The number of anilines is 1. The first kappa shape index (κ1) is 25.9. The molecule has 1 N–H and O–H groups in total. The number of pyridine rings is 1. The summed E-state index contributed by atoms with van der Waals surface area (Å²) in [4.78, 5) is 19.4. The summed E-state index contributed by atoms with van der Waals surface area (Å²) >= 11 is 0. The molecule has 204 valence electrons. The minimum atomic E-state index is -0.641. The third-order valence-electron chi connectivity index (χ3n) is 7.89. The third-order valence-corrected chi connectivity index (χ3v) is 7.89. The minimum absolute atomic E-state index is 0.0790. The van der Waals surface area contributed by atoms with E-state index in [1.54, 1.807) is 36.4 Å². The summed E-state index contributed by atoms with van der Waals surface area (Å²) in [6.07, 6.45) is 4.45. The Labute approximate surface area is 234 Å². The number of aliphatic hydroxyl groups is 1. The van der Waals surface area contributed by atoms with Gasteiger partial charge in [-0.3, -0.25) is 14.7 Å². The van der Waals surface area contributed by atoms with Crippen LogP contribution in [0, 0.1) is 0 Å². The number of nitrogens with zero attached hydrogens (tertiary/aromatic N) is 2. The first-order valence-electron chi connectivity index (χ1n) is 13.6. The average molecular weight is 537 g/mol. The molecule has 6 rings (SSSR count). The van der Waals surface area contributed by atoms with E-state index in [1.165, 1.54) is 5.56 Å². The molecule has 4 aromatic rings. The lowest BCUT2D eigenvalue weighted by Crippen LogP contribution is -2.38. The monoisotopic (exact) mass is 536 g/mol. The molecule has 0 unspecified atom stereocenters. The van der Waals surface area contributed by atoms with Crippen LogP contribution in [0.1, 0.15) is 40.0 Å². The number of fused-ring (bicyclic) bond motifs is 1. The van der Waals surface area contributed by atoms with Gasteiger partial charge in [-0.05, 0) is 48.9 Å². The Kier molecular flexibility index (Phi) is 7.13. The first-order chi connectivity index (χ1) is 19.6. The van der Waals surface area contributed by atoms with Gasteiger partial charge >= 0.3 is 0 Å². The molecule has 1 aliphatic carbocycles. The number of amides is 1. The second-order valence-corrected chi connectivity index (χ2v) is 10.3. The molecule has 0 saturated heterocycles. The van der Waals surface area contributed by atoms with Crippen LogP contribution < -0.4 is 19.1 Å². The van der Waals surface area contributed by atoms with E-state index in [9.17, 15) is 9.90 Å². The fraction of sp³-hybridized carbons (Fsp3) is 0.273. The first-order valence-corrected chi connectivity index (χ1v) is 13.6. The molecular formula is C33H32N2O5. The van der Waals surface area contributed by atoms with Gasteiger partial charge in [0.05, 0.1) is 18.9 Å². The van der Waals surface area contributed by atoms with Crippen molar-refractivity contribution in [3.05, 3.63) is 114 Å². The number of aromatic nitrogens is 1. The Morgan fingerprint density at radius 1 is 0.975 bits per heavy atom. The quantitative estimate of drug-likeness (QED) is 0.295. The Morgan fingerprint density at radius 3 is 2.45 bits per heavy atom. The van der Waals surface area contributed by atoms with E-state index in [1.807, 2.05) is 42.5 Å². The van der Waals surface area contributed by atoms with Crippen molar-refractivity contribution in [2.45, 2.75) is 37.2 Å².